The first-order valence-electron chi connectivity index (χ1n) is 9.21. The molecule has 0 bridgehead atoms. The summed E-state index contributed by atoms with van der Waals surface area (Å²) < 4.78 is 10.8. The van der Waals surface area contributed by atoms with Crippen molar-refractivity contribution in [2.24, 2.45) is 11.7 Å². The van der Waals surface area contributed by atoms with Gasteiger partial charge in [0.25, 0.3) is 0 Å². The van der Waals surface area contributed by atoms with Crippen LogP contribution in [0.2, 0.25) is 0 Å². The van der Waals surface area contributed by atoms with Gasteiger partial charge in [0.15, 0.2) is 0 Å². The number of nitriles is 1. The minimum absolute atomic E-state index is 0.0970. The van der Waals surface area contributed by atoms with Crippen LogP contribution in [0.5, 0.6) is 5.75 Å². The lowest BCUT2D eigenvalue weighted by atomic mass is 9.78. The van der Waals surface area contributed by atoms with E-state index in [-0.39, 0.29) is 17.7 Å². The predicted octanol–water partition coefficient (Wildman–Crippen LogP) is 4.50. The topological polar surface area (TPSA) is 89.2 Å². The van der Waals surface area contributed by atoms with E-state index < -0.39 is 5.63 Å². The Balaban J connectivity index is 2.17. The molecule has 1 aliphatic heterocycles. The molecular formula is C20H28N2O3. The highest BCUT2D eigenvalue weighted by atomic mass is 16.5. The Morgan fingerprint density at radius 3 is 2.64 bits per heavy atom. The van der Waals surface area contributed by atoms with Crippen LogP contribution in [0, 0.1) is 24.2 Å². The summed E-state index contributed by atoms with van der Waals surface area (Å²) in [5.74, 6) is 0.748. The fourth-order valence-electron chi connectivity index (χ4n) is 3.54. The van der Waals surface area contributed by atoms with Crippen LogP contribution in [0.3, 0.4) is 0 Å². The van der Waals surface area contributed by atoms with E-state index >= 15 is 0 Å². The van der Waals surface area contributed by atoms with E-state index in [1.54, 1.807) is 13.0 Å². The van der Waals surface area contributed by atoms with Crippen LogP contribution < -0.4 is 16.1 Å². The van der Waals surface area contributed by atoms with E-state index in [9.17, 15) is 10.1 Å². The minimum atomic E-state index is -0.435. The van der Waals surface area contributed by atoms with Crippen molar-refractivity contribution in [3.05, 3.63) is 39.3 Å². The molecule has 1 aromatic rings. The van der Waals surface area contributed by atoms with E-state index in [2.05, 4.69) is 19.9 Å². The van der Waals surface area contributed by atoms with Crippen molar-refractivity contribution in [2.75, 3.05) is 0 Å². The van der Waals surface area contributed by atoms with Gasteiger partial charge in [-0.2, -0.15) is 5.26 Å². The Kier molecular flexibility index (Phi) is 6.69. The molecule has 0 radical (unpaired) electrons. The number of hydrogen-bond donors (Lipinski definition) is 1. The zero-order chi connectivity index (χ0) is 18.4. The van der Waals surface area contributed by atoms with Gasteiger partial charge in [-0.3, -0.25) is 0 Å². The maximum Gasteiger partial charge on any atom is 0.343 e. The molecule has 2 heterocycles. The second-order valence-electron chi connectivity index (χ2n) is 6.93. The molecule has 2 atom stereocenters. The van der Waals surface area contributed by atoms with Crippen LogP contribution in [0.15, 0.2) is 26.7 Å². The highest BCUT2D eigenvalue weighted by molar-refractivity contribution is 5.48. The summed E-state index contributed by atoms with van der Waals surface area (Å²) in [4.78, 5) is 12.4. The van der Waals surface area contributed by atoms with E-state index in [1.165, 1.54) is 32.1 Å². The lowest BCUT2D eigenvalue weighted by molar-refractivity contribution is 0.335. The zero-order valence-corrected chi connectivity index (χ0v) is 15.4. The Labute approximate surface area is 149 Å². The fraction of sp³-hybridized carbons (Fsp3) is 0.600. The SMILES string of the molecule is CCCCCCCC[C@H](C)[C@@H]1C(C#N)=C(N)Oc2cc(C)oc(=O)c21. The number of hydrogen-bond acceptors (Lipinski definition) is 5. The first-order valence-corrected chi connectivity index (χ1v) is 9.21. The molecule has 136 valence electrons. The number of unbranched alkanes of at least 4 members (excludes halogenated alkanes) is 5. The summed E-state index contributed by atoms with van der Waals surface area (Å²) in [7, 11) is 0. The van der Waals surface area contributed by atoms with Gasteiger partial charge in [-0.25, -0.2) is 4.79 Å². The van der Waals surface area contributed by atoms with Gasteiger partial charge in [0.1, 0.15) is 17.6 Å². The molecule has 25 heavy (non-hydrogen) atoms. The van der Waals surface area contributed by atoms with Crippen LogP contribution in [-0.4, -0.2) is 0 Å². The van der Waals surface area contributed by atoms with Crippen molar-refractivity contribution < 1.29 is 9.15 Å². The van der Waals surface area contributed by atoms with Crippen molar-refractivity contribution in [2.45, 2.75) is 71.6 Å². The van der Waals surface area contributed by atoms with Crippen molar-refractivity contribution in [1.82, 2.24) is 0 Å². The predicted molar refractivity (Wildman–Crippen MR) is 97.1 cm³/mol. The lowest BCUT2D eigenvalue weighted by Gasteiger charge is -2.29. The van der Waals surface area contributed by atoms with Crippen molar-refractivity contribution in [3.63, 3.8) is 0 Å². The second-order valence-corrected chi connectivity index (χ2v) is 6.93. The first-order chi connectivity index (χ1) is 12.0. The average Bonchev–Trinajstić information content (AvgIpc) is 2.56. The number of ether oxygens (including phenoxy) is 1. The fourth-order valence-corrected chi connectivity index (χ4v) is 3.54. The molecule has 0 amide bonds. The molecule has 5 heteroatoms. The van der Waals surface area contributed by atoms with Crippen LogP contribution in [0.1, 0.15) is 76.0 Å². The van der Waals surface area contributed by atoms with Gasteiger partial charge in [0.05, 0.1) is 11.1 Å². The van der Waals surface area contributed by atoms with Crippen LogP contribution >= 0.6 is 0 Å². The summed E-state index contributed by atoms with van der Waals surface area (Å²) in [6.45, 7) is 5.97. The molecule has 0 fully saturated rings. The summed E-state index contributed by atoms with van der Waals surface area (Å²) in [5, 5.41) is 9.52. The molecule has 2 N–H and O–H groups in total. The van der Waals surface area contributed by atoms with Gasteiger partial charge in [-0.05, 0) is 19.3 Å². The molecule has 5 nitrogen and oxygen atoms in total. The number of nitrogens with two attached hydrogens (primary N) is 1. The Morgan fingerprint density at radius 2 is 1.96 bits per heavy atom. The molecule has 0 saturated carbocycles. The van der Waals surface area contributed by atoms with Crippen molar-refractivity contribution in [3.8, 4) is 11.8 Å². The minimum Gasteiger partial charge on any atom is -0.440 e. The standard InChI is InChI=1S/C20H28N2O3/c1-4-5-6-7-8-9-10-13(2)17-15(12-21)19(22)25-16-11-14(3)24-20(23)18(16)17/h11,13,17H,4-10,22H2,1-3H3/t13-,17+/m0/s1. The van der Waals surface area contributed by atoms with Crippen LogP contribution in [-0.2, 0) is 0 Å². The van der Waals surface area contributed by atoms with Gasteiger partial charge in [-0.1, -0.05) is 52.4 Å². The summed E-state index contributed by atoms with van der Waals surface area (Å²) in [5.41, 5.74) is 6.27. The van der Waals surface area contributed by atoms with Gasteiger partial charge >= 0.3 is 5.63 Å². The molecule has 0 aromatic carbocycles. The summed E-state index contributed by atoms with van der Waals surface area (Å²) in [6.07, 6.45) is 8.19. The Morgan fingerprint density at radius 1 is 1.28 bits per heavy atom. The lowest BCUT2D eigenvalue weighted by Crippen LogP contribution is -2.29. The first kappa shape index (κ1) is 19.1. The maximum absolute atomic E-state index is 12.4. The van der Waals surface area contributed by atoms with Crippen LogP contribution in [0.25, 0.3) is 0 Å². The number of allylic oxidation sites excluding steroid dienone is 1. The zero-order valence-electron chi connectivity index (χ0n) is 15.4. The van der Waals surface area contributed by atoms with Crippen molar-refractivity contribution in [1.29, 1.82) is 5.26 Å². The monoisotopic (exact) mass is 344 g/mol. The molecule has 0 aliphatic carbocycles. The quantitative estimate of drug-likeness (QED) is 0.701. The highest BCUT2D eigenvalue weighted by Crippen LogP contribution is 2.42. The van der Waals surface area contributed by atoms with Crippen molar-refractivity contribution >= 4 is 0 Å². The molecule has 0 unspecified atom stereocenters. The maximum atomic E-state index is 12.4. The molecule has 1 aliphatic rings. The third-order valence-corrected chi connectivity index (χ3v) is 4.88. The Bertz CT molecular complexity index is 727. The normalized spacial score (nSPS) is 17.6. The third kappa shape index (κ3) is 4.45. The molecule has 0 saturated heterocycles. The molecule has 0 spiro atoms. The molecular weight excluding hydrogens is 316 g/mol. The van der Waals surface area contributed by atoms with Gasteiger partial charge in [0.2, 0.25) is 5.88 Å². The van der Waals surface area contributed by atoms with E-state index in [1.807, 2.05) is 0 Å². The smallest absolute Gasteiger partial charge is 0.343 e. The second kappa shape index (κ2) is 8.75. The number of nitrogens with zero attached hydrogens (tertiary/aromatic N) is 1. The van der Waals surface area contributed by atoms with E-state index in [0.717, 1.165) is 12.8 Å². The van der Waals surface area contributed by atoms with Crippen LogP contribution in [0.4, 0.5) is 0 Å². The molecule has 1 aromatic heterocycles. The van der Waals surface area contributed by atoms with Gasteiger partial charge in [-0.15, -0.1) is 0 Å². The highest BCUT2D eigenvalue weighted by Gasteiger charge is 2.36. The summed E-state index contributed by atoms with van der Waals surface area (Å²) in [6, 6.07) is 3.80. The van der Waals surface area contributed by atoms with E-state index in [4.69, 9.17) is 14.9 Å². The number of aryl methyl sites for hydroxylation is 1. The largest absolute Gasteiger partial charge is 0.440 e. The Hall–Kier alpha value is -2.22. The average molecular weight is 344 g/mol. The van der Waals surface area contributed by atoms with E-state index in [0.29, 0.717) is 22.6 Å². The third-order valence-electron chi connectivity index (χ3n) is 4.88. The number of fused-ring (bicyclic) bond motifs is 1. The molecule has 2 rings (SSSR count). The van der Waals surface area contributed by atoms with Gasteiger partial charge < -0.3 is 14.9 Å². The van der Waals surface area contributed by atoms with Gasteiger partial charge in [0, 0.05) is 12.0 Å². The number of rotatable bonds is 8. The summed E-state index contributed by atoms with van der Waals surface area (Å²) >= 11 is 0.